The minimum absolute atomic E-state index is 0.112. The van der Waals surface area contributed by atoms with Crippen molar-refractivity contribution < 1.29 is 9.90 Å². The third kappa shape index (κ3) is 3.66. The number of nitrogens with one attached hydrogen (secondary N) is 1. The molecular formula is C15H20N4O2. The fourth-order valence-electron chi connectivity index (χ4n) is 1.91. The molecule has 0 fully saturated rings. The number of aliphatic hydroxyl groups is 1. The van der Waals surface area contributed by atoms with Gasteiger partial charge in [0.25, 0.3) is 5.91 Å². The Balaban J connectivity index is 2.08. The molecule has 1 unspecified atom stereocenters. The topological polar surface area (TPSA) is 80.0 Å². The van der Waals surface area contributed by atoms with Crippen LogP contribution >= 0.6 is 0 Å². The summed E-state index contributed by atoms with van der Waals surface area (Å²) >= 11 is 0. The van der Waals surface area contributed by atoms with Crippen molar-refractivity contribution in [3.8, 4) is 5.69 Å². The number of hydrogen-bond acceptors (Lipinski definition) is 4. The van der Waals surface area contributed by atoms with Crippen molar-refractivity contribution in [2.45, 2.75) is 26.9 Å². The van der Waals surface area contributed by atoms with E-state index in [1.807, 2.05) is 32.9 Å². The smallest absolute Gasteiger partial charge is 0.251 e. The molecule has 0 radical (unpaired) electrons. The van der Waals surface area contributed by atoms with Gasteiger partial charge >= 0.3 is 0 Å². The lowest BCUT2D eigenvalue weighted by molar-refractivity contribution is 0.0871. The van der Waals surface area contributed by atoms with Gasteiger partial charge in [-0.25, -0.2) is 9.67 Å². The molecule has 1 heterocycles. The van der Waals surface area contributed by atoms with Crippen LogP contribution < -0.4 is 5.32 Å². The molecule has 0 aliphatic rings. The van der Waals surface area contributed by atoms with Crippen molar-refractivity contribution in [3.05, 3.63) is 42.0 Å². The molecule has 112 valence electrons. The van der Waals surface area contributed by atoms with Crippen molar-refractivity contribution in [3.63, 3.8) is 0 Å². The Labute approximate surface area is 123 Å². The van der Waals surface area contributed by atoms with E-state index in [4.69, 9.17) is 0 Å². The molecule has 1 atom stereocenters. The van der Waals surface area contributed by atoms with E-state index < -0.39 is 6.10 Å². The quantitative estimate of drug-likeness (QED) is 0.869. The molecule has 0 saturated heterocycles. The Morgan fingerprint density at radius 2 is 2.19 bits per heavy atom. The zero-order chi connectivity index (χ0) is 15.4. The molecule has 6 heteroatoms. The lowest BCUT2D eigenvalue weighted by atomic mass is 10.1. The van der Waals surface area contributed by atoms with Gasteiger partial charge in [0.2, 0.25) is 0 Å². The predicted molar refractivity (Wildman–Crippen MR) is 79.3 cm³/mol. The van der Waals surface area contributed by atoms with Gasteiger partial charge in [-0.05, 0) is 36.6 Å². The van der Waals surface area contributed by atoms with Crippen molar-refractivity contribution in [1.29, 1.82) is 0 Å². The van der Waals surface area contributed by atoms with E-state index in [0.717, 1.165) is 11.3 Å². The van der Waals surface area contributed by atoms with E-state index in [1.165, 1.54) is 6.33 Å². The maximum absolute atomic E-state index is 12.1. The first kappa shape index (κ1) is 15.2. The average molecular weight is 288 g/mol. The molecule has 2 rings (SSSR count). The number of carbonyl (C=O) groups excluding carboxylic acids is 1. The highest BCUT2D eigenvalue weighted by molar-refractivity contribution is 5.95. The Kier molecular flexibility index (Phi) is 4.70. The fraction of sp³-hybridized carbons (Fsp3) is 0.400. The summed E-state index contributed by atoms with van der Waals surface area (Å²) in [5.74, 6) is -0.0709. The van der Waals surface area contributed by atoms with E-state index in [-0.39, 0.29) is 18.4 Å². The maximum Gasteiger partial charge on any atom is 0.251 e. The van der Waals surface area contributed by atoms with E-state index in [9.17, 15) is 9.90 Å². The van der Waals surface area contributed by atoms with E-state index in [2.05, 4.69) is 15.4 Å². The molecular weight excluding hydrogens is 268 g/mol. The summed E-state index contributed by atoms with van der Waals surface area (Å²) in [5.41, 5.74) is 2.29. The normalized spacial score (nSPS) is 12.4. The molecule has 2 aromatic rings. The number of benzene rings is 1. The number of amides is 1. The molecule has 0 aliphatic heterocycles. The summed E-state index contributed by atoms with van der Waals surface area (Å²) in [4.78, 5) is 16.0. The van der Waals surface area contributed by atoms with Crippen LogP contribution in [0.3, 0.4) is 0 Å². The van der Waals surface area contributed by atoms with Gasteiger partial charge in [0.1, 0.15) is 12.7 Å². The summed E-state index contributed by atoms with van der Waals surface area (Å²) in [6.45, 7) is 5.94. The Morgan fingerprint density at radius 1 is 1.43 bits per heavy atom. The predicted octanol–water partition coefficient (Wildman–Crippen LogP) is 1.32. The van der Waals surface area contributed by atoms with Gasteiger partial charge in [0, 0.05) is 12.1 Å². The number of hydrogen-bond donors (Lipinski definition) is 2. The third-order valence-corrected chi connectivity index (χ3v) is 3.38. The van der Waals surface area contributed by atoms with Gasteiger partial charge in [-0.2, -0.15) is 5.10 Å². The molecule has 0 spiro atoms. The van der Waals surface area contributed by atoms with Crippen LogP contribution in [0.4, 0.5) is 0 Å². The van der Waals surface area contributed by atoms with Crippen molar-refractivity contribution >= 4 is 5.91 Å². The Hall–Kier alpha value is -2.21. The number of rotatable bonds is 5. The summed E-state index contributed by atoms with van der Waals surface area (Å²) in [6.07, 6.45) is 2.53. The van der Waals surface area contributed by atoms with Crippen LogP contribution in [0.1, 0.15) is 29.8 Å². The fourth-order valence-corrected chi connectivity index (χ4v) is 1.91. The minimum atomic E-state index is -0.538. The molecule has 6 nitrogen and oxygen atoms in total. The molecule has 0 bridgehead atoms. The highest BCUT2D eigenvalue weighted by Gasteiger charge is 2.14. The molecule has 0 aliphatic carbocycles. The summed E-state index contributed by atoms with van der Waals surface area (Å²) < 4.78 is 1.64. The van der Waals surface area contributed by atoms with Crippen LogP contribution in [0.25, 0.3) is 5.69 Å². The molecule has 2 N–H and O–H groups in total. The summed E-state index contributed by atoms with van der Waals surface area (Å²) in [5, 5.41) is 16.5. The van der Waals surface area contributed by atoms with E-state index >= 15 is 0 Å². The van der Waals surface area contributed by atoms with Gasteiger partial charge in [0.05, 0.1) is 11.8 Å². The molecule has 1 aromatic heterocycles. The summed E-state index contributed by atoms with van der Waals surface area (Å²) in [7, 11) is 0. The van der Waals surface area contributed by atoms with Crippen LogP contribution in [0.2, 0.25) is 0 Å². The highest BCUT2D eigenvalue weighted by atomic mass is 16.3. The monoisotopic (exact) mass is 288 g/mol. The van der Waals surface area contributed by atoms with Gasteiger partial charge in [0.15, 0.2) is 0 Å². The first-order chi connectivity index (χ1) is 9.99. The standard InChI is InChI=1S/C15H20N4O2/c1-10(2)14(20)7-17-15(21)13-5-4-12(6-11(13)3)19-9-16-8-18-19/h4-6,8-10,14,20H,7H2,1-3H3,(H,17,21). The summed E-state index contributed by atoms with van der Waals surface area (Å²) in [6, 6.07) is 5.45. The number of carbonyl (C=O) groups is 1. The van der Waals surface area contributed by atoms with Crippen molar-refractivity contribution in [2.75, 3.05) is 6.54 Å². The van der Waals surface area contributed by atoms with Crippen LogP contribution in [0.5, 0.6) is 0 Å². The number of aromatic nitrogens is 3. The number of aryl methyl sites for hydroxylation is 1. The van der Waals surface area contributed by atoms with Crippen LogP contribution in [-0.2, 0) is 0 Å². The van der Waals surface area contributed by atoms with Gasteiger partial charge in [-0.15, -0.1) is 0 Å². The lowest BCUT2D eigenvalue weighted by Gasteiger charge is -2.15. The number of nitrogens with zero attached hydrogens (tertiary/aromatic N) is 3. The van der Waals surface area contributed by atoms with E-state index in [0.29, 0.717) is 5.56 Å². The zero-order valence-corrected chi connectivity index (χ0v) is 12.4. The average Bonchev–Trinajstić information content (AvgIpc) is 2.98. The first-order valence-electron chi connectivity index (χ1n) is 6.91. The van der Waals surface area contributed by atoms with Crippen LogP contribution in [-0.4, -0.2) is 38.4 Å². The van der Waals surface area contributed by atoms with E-state index in [1.54, 1.807) is 17.1 Å². The largest absolute Gasteiger partial charge is 0.391 e. The van der Waals surface area contributed by atoms with Gasteiger partial charge in [-0.3, -0.25) is 4.79 Å². The molecule has 1 amide bonds. The third-order valence-electron chi connectivity index (χ3n) is 3.38. The first-order valence-corrected chi connectivity index (χ1v) is 6.91. The van der Waals surface area contributed by atoms with Crippen molar-refractivity contribution in [1.82, 2.24) is 20.1 Å². The second-order valence-corrected chi connectivity index (χ2v) is 5.36. The highest BCUT2D eigenvalue weighted by Crippen LogP contribution is 2.14. The molecule has 21 heavy (non-hydrogen) atoms. The lowest BCUT2D eigenvalue weighted by Crippen LogP contribution is -2.35. The van der Waals surface area contributed by atoms with Crippen LogP contribution in [0.15, 0.2) is 30.9 Å². The second-order valence-electron chi connectivity index (χ2n) is 5.36. The second kappa shape index (κ2) is 6.49. The van der Waals surface area contributed by atoms with Gasteiger partial charge < -0.3 is 10.4 Å². The minimum Gasteiger partial charge on any atom is -0.391 e. The Morgan fingerprint density at radius 3 is 2.76 bits per heavy atom. The Bertz CT molecular complexity index is 608. The molecule has 1 aromatic carbocycles. The zero-order valence-electron chi connectivity index (χ0n) is 12.4. The van der Waals surface area contributed by atoms with Crippen LogP contribution in [0, 0.1) is 12.8 Å². The molecule has 0 saturated carbocycles. The SMILES string of the molecule is Cc1cc(-n2cncn2)ccc1C(=O)NCC(O)C(C)C. The number of aliphatic hydroxyl groups excluding tert-OH is 1. The van der Waals surface area contributed by atoms with Crippen molar-refractivity contribution in [2.24, 2.45) is 5.92 Å². The maximum atomic E-state index is 12.1. The van der Waals surface area contributed by atoms with Gasteiger partial charge in [-0.1, -0.05) is 13.8 Å².